The van der Waals surface area contributed by atoms with Gasteiger partial charge < -0.3 is 9.47 Å². The molecular weight excluding hydrogens is 681 g/mol. The molecule has 1 saturated carbocycles. The Labute approximate surface area is 315 Å². The first-order valence-electron chi connectivity index (χ1n) is 18.5. The predicted molar refractivity (Wildman–Crippen MR) is 217 cm³/mol. The van der Waals surface area contributed by atoms with Gasteiger partial charge in [0.1, 0.15) is 34.6 Å². The maximum absolute atomic E-state index is 6.69. The first kappa shape index (κ1) is 31.2. The average molecular weight is 713 g/mol. The molecule has 0 unspecified atom stereocenters. The fourth-order valence-corrected chi connectivity index (χ4v) is 7.70. The minimum atomic E-state index is 0.566. The van der Waals surface area contributed by atoms with Crippen LogP contribution in [0.1, 0.15) is 24.3 Å². The zero-order valence-electron chi connectivity index (χ0n) is 29.6. The predicted octanol–water partition coefficient (Wildman–Crippen LogP) is 11.6. The highest BCUT2D eigenvalue weighted by molar-refractivity contribution is 6.10. The van der Waals surface area contributed by atoms with Crippen LogP contribution in [-0.4, -0.2) is 29.1 Å². The molecule has 0 N–H and O–H groups in total. The van der Waals surface area contributed by atoms with E-state index in [-0.39, 0.29) is 0 Å². The third-order valence-corrected chi connectivity index (χ3v) is 10.4. The van der Waals surface area contributed by atoms with E-state index in [1.807, 2.05) is 91.5 Å². The Bertz CT molecular complexity index is 2860. The number of pyridine rings is 2. The molecule has 1 fully saturated rings. The van der Waals surface area contributed by atoms with E-state index in [0.717, 1.165) is 60.8 Å². The first-order valence-corrected chi connectivity index (χ1v) is 18.5. The van der Waals surface area contributed by atoms with Crippen LogP contribution in [0.15, 0.2) is 164 Å². The monoisotopic (exact) mass is 712 g/mol. The van der Waals surface area contributed by atoms with Gasteiger partial charge in [-0.1, -0.05) is 48.5 Å². The number of para-hydroxylation sites is 2. The molecular formula is C47H32N6O2. The van der Waals surface area contributed by atoms with Crippen molar-refractivity contribution >= 4 is 43.6 Å². The van der Waals surface area contributed by atoms with Crippen LogP contribution >= 0.6 is 0 Å². The van der Waals surface area contributed by atoms with Gasteiger partial charge in [0, 0.05) is 70.1 Å². The smallest absolute Gasteiger partial charge is 0.159 e. The number of rotatable bonds is 8. The zero-order chi connectivity index (χ0) is 36.3. The molecule has 0 bridgehead atoms. The van der Waals surface area contributed by atoms with E-state index in [1.165, 1.54) is 18.4 Å². The maximum Gasteiger partial charge on any atom is 0.159 e. The third-order valence-electron chi connectivity index (χ3n) is 10.4. The van der Waals surface area contributed by atoms with Crippen molar-refractivity contribution in [1.29, 1.82) is 0 Å². The molecule has 8 heteroatoms. The number of hydrogen-bond donors (Lipinski definition) is 0. The molecule has 0 saturated heterocycles. The Morgan fingerprint density at radius 1 is 0.436 bits per heavy atom. The fraction of sp³-hybridized carbons (Fsp3) is 0.0638. The number of benzene rings is 5. The summed E-state index contributed by atoms with van der Waals surface area (Å²) in [5, 5.41) is 4.54. The molecule has 0 spiro atoms. The Hall–Kier alpha value is -7.32. The topological polar surface area (TPSA) is 79.9 Å². The van der Waals surface area contributed by atoms with Crippen LogP contribution in [0.25, 0.3) is 66.6 Å². The molecule has 1 aliphatic carbocycles. The van der Waals surface area contributed by atoms with E-state index < -0.39 is 0 Å². The Morgan fingerprint density at radius 3 is 1.42 bits per heavy atom. The van der Waals surface area contributed by atoms with Crippen LogP contribution in [0.3, 0.4) is 0 Å². The Kier molecular flexibility index (Phi) is 7.19. The Morgan fingerprint density at radius 2 is 0.927 bits per heavy atom. The highest BCUT2D eigenvalue weighted by Crippen LogP contribution is 2.41. The third kappa shape index (κ3) is 5.54. The van der Waals surface area contributed by atoms with Crippen molar-refractivity contribution in [3.8, 4) is 46.0 Å². The standard InChI is InChI=1S/C47H32N6O2/c1-3-11-41-37(9-1)39-19-17-33(26-43(39)52(41)45-13-5-7-21-48-45)54-35-23-31(47-50-28-32(29-51-47)30-15-16-30)24-36(25-35)55-34-18-20-40-38-10-2-4-12-42(38)53(44(40)27-34)46-14-6-8-22-49-46/h1-14,17-30H,15-16H2. The molecule has 10 aromatic rings. The van der Waals surface area contributed by atoms with Crippen molar-refractivity contribution in [3.05, 3.63) is 170 Å². The molecule has 11 rings (SSSR count). The molecule has 0 atom stereocenters. The van der Waals surface area contributed by atoms with Crippen LogP contribution in [0.2, 0.25) is 0 Å². The van der Waals surface area contributed by atoms with Gasteiger partial charge in [0.25, 0.3) is 0 Å². The zero-order valence-corrected chi connectivity index (χ0v) is 29.6. The highest BCUT2D eigenvalue weighted by Gasteiger charge is 2.24. The van der Waals surface area contributed by atoms with Crippen LogP contribution in [0, 0.1) is 0 Å². The van der Waals surface area contributed by atoms with Crippen molar-refractivity contribution in [2.75, 3.05) is 0 Å². The lowest BCUT2D eigenvalue weighted by atomic mass is 10.1. The molecule has 5 aromatic carbocycles. The van der Waals surface area contributed by atoms with Crippen LogP contribution in [-0.2, 0) is 0 Å². The van der Waals surface area contributed by atoms with Gasteiger partial charge in [-0.05, 0) is 97.1 Å². The second kappa shape index (κ2) is 12.7. The van der Waals surface area contributed by atoms with Gasteiger partial charge >= 0.3 is 0 Å². The summed E-state index contributed by atoms with van der Waals surface area (Å²) >= 11 is 0. The van der Waals surface area contributed by atoms with Crippen molar-refractivity contribution in [3.63, 3.8) is 0 Å². The van der Waals surface area contributed by atoms with Crippen molar-refractivity contribution in [2.45, 2.75) is 18.8 Å². The van der Waals surface area contributed by atoms with Crippen LogP contribution < -0.4 is 9.47 Å². The summed E-state index contributed by atoms with van der Waals surface area (Å²) in [7, 11) is 0. The summed E-state index contributed by atoms with van der Waals surface area (Å²) < 4.78 is 17.7. The number of nitrogens with zero attached hydrogens (tertiary/aromatic N) is 6. The Balaban J connectivity index is 1.01. The lowest BCUT2D eigenvalue weighted by Gasteiger charge is -2.13. The molecule has 0 amide bonds. The molecule has 55 heavy (non-hydrogen) atoms. The van der Waals surface area contributed by atoms with E-state index >= 15 is 0 Å². The van der Waals surface area contributed by atoms with E-state index in [1.54, 1.807) is 0 Å². The quantitative estimate of drug-likeness (QED) is 0.156. The summed E-state index contributed by atoms with van der Waals surface area (Å²) in [6.45, 7) is 0. The number of fused-ring (bicyclic) bond motifs is 6. The summed E-state index contributed by atoms with van der Waals surface area (Å²) in [5.74, 6) is 5.43. The molecule has 5 aromatic heterocycles. The summed E-state index contributed by atoms with van der Waals surface area (Å²) in [6.07, 6.45) is 9.91. The first-order chi connectivity index (χ1) is 27.2. The SMILES string of the molecule is c1ccc(-n2c3ccccc3c3ccc(Oc4cc(Oc5ccc6c7ccccc7n(-c7ccccn7)c6c5)cc(-c5ncc(C6CC6)cn5)c4)cc32)nc1. The number of ether oxygens (including phenoxy) is 2. The van der Waals surface area contributed by atoms with Crippen LogP contribution in [0.4, 0.5) is 0 Å². The molecule has 0 aliphatic heterocycles. The molecule has 5 heterocycles. The van der Waals surface area contributed by atoms with Gasteiger partial charge in [-0.15, -0.1) is 0 Å². The van der Waals surface area contributed by atoms with E-state index in [4.69, 9.17) is 29.4 Å². The van der Waals surface area contributed by atoms with Gasteiger partial charge in [0.05, 0.1) is 22.1 Å². The molecule has 0 radical (unpaired) electrons. The van der Waals surface area contributed by atoms with Crippen LogP contribution in [0.5, 0.6) is 23.0 Å². The van der Waals surface area contributed by atoms with Gasteiger partial charge in [-0.3, -0.25) is 9.13 Å². The van der Waals surface area contributed by atoms with Crippen molar-refractivity contribution in [2.24, 2.45) is 0 Å². The van der Waals surface area contributed by atoms with E-state index in [0.29, 0.717) is 34.7 Å². The average Bonchev–Trinajstić information content (AvgIpc) is 3.97. The number of aromatic nitrogens is 6. The summed E-state index contributed by atoms with van der Waals surface area (Å²) in [5.41, 5.74) is 6.14. The molecule has 8 nitrogen and oxygen atoms in total. The van der Waals surface area contributed by atoms with E-state index in [9.17, 15) is 0 Å². The number of hydrogen-bond acceptors (Lipinski definition) is 6. The second-order valence-corrected chi connectivity index (χ2v) is 14.0. The van der Waals surface area contributed by atoms with Gasteiger partial charge in [0.15, 0.2) is 5.82 Å². The van der Waals surface area contributed by atoms with Gasteiger partial charge in [-0.2, -0.15) is 0 Å². The maximum atomic E-state index is 6.69. The van der Waals surface area contributed by atoms with Crippen molar-refractivity contribution < 1.29 is 9.47 Å². The second-order valence-electron chi connectivity index (χ2n) is 14.0. The van der Waals surface area contributed by atoms with E-state index in [2.05, 4.69) is 81.9 Å². The van der Waals surface area contributed by atoms with Gasteiger partial charge in [0.2, 0.25) is 0 Å². The summed E-state index contributed by atoms with van der Waals surface area (Å²) in [4.78, 5) is 19.0. The van der Waals surface area contributed by atoms with Gasteiger partial charge in [-0.25, -0.2) is 19.9 Å². The lowest BCUT2D eigenvalue weighted by Crippen LogP contribution is -1.97. The minimum Gasteiger partial charge on any atom is -0.457 e. The fourth-order valence-electron chi connectivity index (χ4n) is 7.70. The molecule has 1 aliphatic rings. The summed E-state index contributed by atoms with van der Waals surface area (Å²) in [6, 6.07) is 47.0. The van der Waals surface area contributed by atoms with Crippen molar-refractivity contribution in [1.82, 2.24) is 29.1 Å². The normalized spacial score (nSPS) is 12.9. The lowest BCUT2D eigenvalue weighted by molar-refractivity contribution is 0.461. The minimum absolute atomic E-state index is 0.566. The molecule has 262 valence electrons. The highest BCUT2D eigenvalue weighted by atomic mass is 16.5. The largest absolute Gasteiger partial charge is 0.457 e.